The molecule has 2 rings (SSSR count). The van der Waals surface area contributed by atoms with Crippen LogP contribution in [0.15, 0.2) is 54.6 Å². The highest BCUT2D eigenvalue weighted by Crippen LogP contribution is 2.21. The van der Waals surface area contributed by atoms with Crippen LogP contribution in [0, 0.1) is 0 Å². The van der Waals surface area contributed by atoms with E-state index in [0.717, 1.165) is 16.9 Å². The SMILES string of the molecule is COc1ccc(C(C)N(C)C(=O)COCc2ccccc2)cc1. The number of methoxy groups -OCH3 is 1. The van der Waals surface area contributed by atoms with Crippen molar-refractivity contribution >= 4 is 5.91 Å². The van der Waals surface area contributed by atoms with Gasteiger partial charge in [-0.15, -0.1) is 0 Å². The van der Waals surface area contributed by atoms with Crippen LogP contribution < -0.4 is 4.74 Å². The number of ether oxygens (including phenoxy) is 2. The Kier molecular flexibility index (Phi) is 6.18. The van der Waals surface area contributed by atoms with Gasteiger partial charge in [-0.25, -0.2) is 0 Å². The summed E-state index contributed by atoms with van der Waals surface area (Å²) in [5.41, 5.74) is 2.12. The molecule has 4 heteroatoms. The average molecular weight is 313 g/mol. The van der Waals surface area contributed by atoms with E-state index in [1.165, 1.54) is 0 Å². The van der Waals surface area contributed by atoms with E-state index in [0.29, 0.717) is 6.61 Å². The van der Waals surface area contributed by atoms with Crippen LogP contribution in [0.25, 0.3) is 0 Å². The molecular formula is C19H23NO3. The topological polar surface area (TPSA) is 38.8 Å². The van der Waals surface area contributed by atoms with E-state index in [-0.39, 0.29) is 18.6 Å². The minimum atomic E-state index is -0.0377. The van der Waals surface area contributed by atoms with Crippen molar-refractivity contribution in [2.45, 2.75) is 19.6 Å². The number of hydrogen-bond donors (Lipinski definition) is 0. The number of likely N-dealkylation sites (N-methyl/N-ethyl adjacent to an activating group) is 1. The number of carbonyl (C=O) groups excluding carboxylic acids is 1. The normalized spacial score (nSPS) is 11.8. The number of carbonyl (C=O) groups is 1. The molecule has 0 heterocycles. The van der Waals surface area contributed by atoms with Crippen LogP contribution in [0.3, 0.4) is 0 Å². The molecule has 23 heavy (non-hydrogen) atoms. The lowest BCUT2D eigenvalue weighted by Crippen LogP contribution is -2.32. The van der Waals surface area contributed by atoms with Crippen molar-refractivity contribution in [1.82, 2.24) is 4.90 Å². The molecule has 0 bridgehead atoms. The second-order valence-electron chi connectivity index (χ2n) is 5.43. The summed E-state index contributed by atoms with van der Waals surface area (Å²) >= 11 is 0. The monoisotopic (exact) mass is 313 g/mol. The zero-order valence-electron chi connectivity index (χ0n) is 13.9. The van der Waals surface area contributed by atoms with Gasteiger partial charge in [0.05, 0.1) is 19.8 Å². The summed E-state index contributed by atoms with van der Waals surface area (Å²) in [5.74, 6) is 0.769. The summed E-state index contributed by atoms with van der Waals surface area (Å²) in [6.45, 7) is 2.51. The van der Waals surface area contributed by atoms with E-state index in [2.05, 4.69) is 0 Å². The Bertz CT molecular complexity index is 610. The predicted octanol–water partition coefficient (Wildman–Crippen LogP) is 3.43. The lowest BCUT2D eigenvalue weighted by atomic mass is 10.1. The maximum Gasteiger partial charge on any atom is 0.248 e. The predicted molar refractivity (Wildman–Crippen MR) is 90.3 cm³/mol. The Morgan fingerprint density at radius 1 is 1.09 bits per heavy atom. The maximum atomic E-state index is 12.2. The smallest absolute Gasteiger partial charge is 0.248 e. The van der Waals surface area contributed by atoms with Gasteiger partial charge in [-0.2, -0.15) is 0 Å². The summed E-state index contributed by atoms with van der Waals surface area (Å²) in [7, 11) is 3.43. The number of rotatable bonds is 7. The van der Waals surface area contributed by atoms with E-state index in [4.69, 9.17) is 9.47 Å². The Morgan fingerprint density at radius 2 is 1.74 bits per heavy atom. The molecule has 0 spiro atoms. The van der Waals surface area contributed by atoms with E-state index in [1.807, 2.05) is 61.5 Å². The van der Waals surface area contributed by atoms with E-state index < -0.39 is 0 Å². The molecule has 0 N–H and O–H groups in total. The summed E-state index contributed by atoms with van der Waals surface area (Å²) < 4.78 is 10.7. The minimum absolute atomic E-state index is 0.0197. The van der Waals surface area contributed by atoms with Gasteiger partial charge in [-0.3, -0.25) is 4.79 Å². The van der Waals surface area contributed by atoms with E-state index >= 15 is 0 Å². The summed E-state index contributed by atoms with van der Waals surface area (Å²) in [4.78, 5) is 13.9. The first-order chi connectivity index (χ1) is 11.1. The third-order valence-electron chi connectivity index (χ3n) is 3.91. The van der Waals surface area contributed by atoms with Crippen LogP contribution >= 0.6 is 0 Å². The molecule has 0 aliphatic heterocycles. The van der Waals surface area contributed by atoms with E-state index in [9.17, 15) is 4.79 Å². The minimum Gasteiger partial charge on any atom is -0.497 e. The lowest BCUT2D eigenvalue weighted by molar-refractivity contribution is -0.137. The fraction of sp³-hybridized carbons (Fsp3) is 0.316. The second kappa shape index (κ2) is 8.34. The molecule has 1 unspecified atom stereocenters. The molecule has 1 atom stereocenters. The Balaban J connectivity index is 1.85. The van der Waals surface area contributed by atoms with Crippen LogP contribution in [0.4, 0.5) is 0 Å². The fourth-order valence-corrected chi connectivity index (χ4v) is 2.25. The van der Waals surface area contributed by atoms with Gasteiger partial charge in [0.2, 0.25) is 5.91 Å². The van der Waals surface area contributed by atoms with Gasteiger partial charge in [0.1, 0.15) is 12.4 Å². The van der Waals surface area contributed by atoms with Gasteiger partial charge in [0, 0.05) is 7.05 Å². The van der Waals surface area contributed by atoms with Gasteiger partial charge >= 0.3 is 0 Å². The largest absolute Gasteiger partial charge is 0.497 e. The highest BCUT2D eigenvalue weighted by atomic mass is 16.5. The van der Waals surface area contributed by atoms with Gasteiger partial charge in [-0.1, -0.05) is 42.5 Å². The van der Waals surface area contributed by atoms with Crippen molar-refractivity contribution in [2.24, 2.45) is 0 Å². The molecule has 0 aromatic heterocycles. The number of nitrogens with zero attached hydrogens (tertiary/aromatic N) is 1. The number of amides is 1. The van der Waals surface area contributed by atoms with Crippen molar-refractivity contribution in [3.05, 3.63) is 65.7 Å². The molecule has 2 aromatic rings. The Morgan fingerprint density at radius 3 is 2.35 bits per heavy atom. The molecule has 0 aliphatic carbocycles. The van der Waals surface area contributed by atoms with Crippen molar-refractivity contribution < 1.29 is 14.3 Å². The fourth-order valence-electron chi connectivity index (χ4n) is 2.25. The van der Waals surface area contributed by atoms with Crippen molar-refractivity contribution in [1.29, 1.82) is 0 Å². The van der Waals surface area contributed by atoms with Gasteiger partial charge in [-0.05, 0) is 30.2 Å². The second-order valence-corrected chi connectivity index (χ2v) is 5.43. The molecule has 1 amide bonds. The summed E-state index contributed by atoms with van der Waals surface area (Å²) in [6.07, 6.45) is 0. The zero-order chi connectivity index (χ0) is 16.7. The standard InChI is InChI=1S/C19H23NO3/c1-15(17-9-11-18(22-3)12-10-17)20(2)19(21)14-23-13-16-7-5-4-6-8-16/h4-12,15H,13-14H2,1-3H3. The highest BCUT2D eigenvalue weighted by Gasteiger charge is 2.17. The first-order valence-corrected chi connectivity index (χ1v) is 7.63. The Hall–Kier alpha value is -2.33. The molecule has 0 aliphatic rings. The van der Waals surface area contributed by atoms with Crippen LogP contribution in [-0.4, -0.2) is 31.6 Å². The van der Waals surface area contributed by atoms with Gasteiger partial charge in [0.15, 0.2) is 0 Å². The van der Waals surface area contributed by atoms with Crippen LogP contribution in [0.1, 0.15) is 24.1 Å². The molecule has 0 fully saturated rings. The maximum absolute atomic E-state index is 12.2. The molecule has 0 radical (unpaired) electrons. The first kappa shape index (κ1) is 17.0. The molecular weight excluding hydrogens is 290 g/mol. The number of hydrogen-bond acceptors (Lipinski definition) is 3. The molecule has 0 saturated heterocycles. The number of benzene rings is 2. The Labute approximate surface area is 137 Å². The molecule has 4 nitrogen and oxygen atoms in total. The summed E-state index contributed by atoms with van der Waals surface area (Å²) in [5, 5.41) is 0. The first-order valence-electron chi connectivity index (χ1n) is 7.63. The summed E-state index contributed by atoms with van der Waals surface area (Å²) in [6, 6.07) is 17.6. The lowest BCUT2D eigenvalue weighted by Gasteiger charge is -2.25. The van der Waals surface area contributed by atoms with Gasteiger partial charge < -0.3 is 14.4 Å². The highest BCUT2D eigenvalue weighted by molar-refractivity contribution is 5.77. The average Bonchev–Trinajstić information content (AvgIpc) is 2.61. The van der Waals surface area contributed by atoms with Crippen molar-refractivity contribution in [3.63, 3.8) is 0 Å². The third-order valence-corrected chi connectivity index (χ3v) is 3.91. The van der Waals surface area contributed by atoms with Crippen molar-refractivity contribution in [3.8, 4) is 5.75 Å². The molecule has 2 aromatic carbocycles. The van der Waals surface area contributed by atoms with E-state index in [1.54, 1.807) is 19.1 Å². The van der Waals surface area contributed by atoms with Gasteiger partial charge in [0.25, 0.3) is 0 Å². The zero-order valence-corrected chi connectivity index (χ0v) is 13.9. The molecule has 122 valence electrons. The quantitative estimate of drug-likeness (QED) is 0.786. The van der Waals surface area contributed by atoms with Crippen LogP contribution in [0.5, 0.6) is 5.75 Å². The van der Waals surface area contributed by atoms with Crippen molar-refractivity contribution in [2.75, 3.05) is 20.8 Å². The molecule has 0 saturated carbocycles. The third kappa shape index (κ3) is 4.83. The van der Waals surface area contributed by atoms with Crippen LogP contribution in [-0.2, 0) is 16.1 Å². The van der Waals surface area contributed by atoms with Crippen LogP contribution in [0.2, 0.25) is 0 Å².